The van der Waals surface area contributed by atoms with E-state index in [1.165, 1.54) is 0 Å². The lowest BCUT2D eigenvalue weighted by Crippen LogP contribution is -2.32. The number of benzene rings is 1. The van der Waals surface area contributed by atoms with E-state index in [-0.39, 0.29) is 24.4 Å². The number of likely N-dealkylation sites (tertiary alicyclic amines) is 1. The van der Waals surface area contributed by atoms with E-state index in [9.17, 15) is 4.79 Å². The molecule has 0 aromatic heterocycles. The van der Waals surface area contributed by atoms with Crippen LogP contribution in [-0.4, -0.2) is 29.9 Å². The second-order valence-corrected chi connectivity index (χ2v) is 4.77. The minimum Gasteiger partial charge on any atom is -0.337 e. The summed E-state index contributed by atoms with van der Waals surface area (Å²) < 4.78 is 0. The number of nitrogens with two attached hydrogens (primary N) is 1. The first kappa shape index (κ1) is 14.6. The molecule has 1 fully saturated rings. The van der Waals surface area contributed by atoms with Crippen molar-refractivity contribution in [3.05, 3.63) is 33.8 Å². The third-order valence-electron chi connectivity index (χ3n) is 2.67. The minimum absolute atomic E-state index is 0. The van der Waals surface area contributed by atoms with Crippen molar-refractivity contribution in [3.8, 4) is 0 Å². The van der Waals surface area contributed by atoms with Crippen molar-refractivity contribution in [1.82, 2.24) is 4.90 Å². The summed E-state index contributed by atoms with van der Waals surface area (Å²) in [6.07, 6.45) is 0.837. The molecule has 1 amide bonds. The molecule has 3 nitrogen and oxygen atoms in total. The highest BCUT2D eigenvalue weighted by atomic mass is 35.5. The van der Waals surface area contributed by atoms with Gasteiger partial charge in [-0.1, -0.05) is 23.2 Å². The molecule has 1 saturated heterocycles. The van der Waals surface area contributed by atoms with Gasteiger partial charge in [-0.05, 0) is 24.6 Å². The maximum Gasteiger partial charge on any atom is 0.255 e. The molecule has 0 unspecified atom stereocenters. The summed E-state index contributed by atoms with van der Waals surface area (Å²) >= 11 is 11.8. The summed E-state index contributed by atoms with van der Waals surface area (Å²) in [5.74, 6) is -0.0968. The van der Waals surface area contributed by atoms with Gasteiger partial charge in [-0.25, -0.2) is 0 Å². The van der Waals surface area contributed by atoms with E-state index >= 15 is 0 Å². The Morgan fingerprint density at radius 2 is 2.12 bits per heavy atom. The molecule has 0 saturated carbocycles. The van der Waals surface area contributed by atoms with Crippen LogP contribution >= 0.6 is 35.6 Å². The maximum absolute atomic E-state index is 12.1. The zero-order valence-corrected chi connectivity index (χ0v) is 11.4. The predicted octanol–water partition coefficient (Wildman–Crippen LogP) is 2.59. The quantitative estimate of drug-likeness (QED) is 0.865. The van der Waals surface area contributed by atoms with Gasteiger partial charge in [0.2, 0.25) is 0 Å². The molecule has 0 bridgehead atoms. The fourth-order valence-corrected chi connectivity index (χ4v) is 2.17. The van der Waals surface area contributed by atoms with Crippen LogP contribution in [0, 0.1) is 0 Å². The lowest BCUT2D eigenvalue weighted by atomic mass is 10.2. The maximum atomic E-state index is 12.1. The highest BCUT2D eigenvalue weighted by Gasteiger charge is 2.25. The van der Waals surface area contributed by atoms with Crippen LogP contribution in [0.4, 0.5) is 0 Å². The summed E-state index contributed by atoms with van der Waals surface area (Å²) in [4.78, 5) is 13.8. The second-order valence-electron chi connectivity index (χ2n) is 3.92. The molecule has 1 heterocycles. The summed E-state index contributed by atoms with van der Waals surface area (Å²) in [6, 6.07) is 4.96. The van der Waals surface area contributed by atoms with Gasteiger partial charge in [-0.2, -0.15) is 0 Å². The van der Waals surface area contributed by atoms with E-state index < -0.39 is 0 Å². The van der Waals surface area contributed by atoms with Gasteiger partial charge in [0.1, 0.15) is 0 Å². The number of carbonyl (C=O) groups excluding carboxylic acids is 1. The normalized spacial score (nSPS) is 19.0. The molecular weight excluding hydrogens is 282 g/mol. The first-order valence-corrected chi connectivity index (χ1v) is 5.83. The molecular formula is C11H13Cl3N2O. The molecule has 1 aliphatic heterocycles. The SMILES string of the molecule is Cl.N[C@@H]1CCN(C(=O)c2cc(Cl)ccc2Cl)C1. The van der Waals surface area contributed by atoms with E-state index in [2.05, 4.69) is 0 Å². The molecule has 1 atom stereocenters. The summed E-state index contributed by atoms with van der Waals surface area (Å²) in [5, 5.41) is 0.936. The van der Waals surface area contributed by atoms with Crippen molar-refractivity contribution < 1.29 is 4.79 Å². The smallest absolute Gasteiger partial charge is 0.255 e. The van der Waals surface area contributed by atoms with Crippen LogP contribution in [-0.2, 0) is 0 Å². The fraction of sp³-hybridized carbons (Fsp3) is 0.364. The molecule has 1 aromatic rings. The summed E-state index contributed by atoms with van der Waals surface area (Å²) in [7, 11) is 0. The minimum atomic E-state index is -0.0968. The Hall–Kier alpha value is -0.480. The molecule has 0 aliphatic carbocycles. The number of nitrogens with zero attached hydrogens (tertiary/aromatic N) is 1. The van der Waals surface area contributed by atoms with Crippen molar-refractivity contribution >= 4 is 41.5 Å². The van der Waals surface area contributed by atoms with Gasteiger partial charge >= 0.3 is 0 Å². The van der Waals surface area contributed by atoms with Crippen LogP contribution in [0.2, 0.25) is 10.0 Å². The highest BCUT2D eigenvalue weighted by Crippen LogP contribution is 2.23. The largest absolute Gasteiger partial charge is 0.337 e. The average Bonchev–Trinajstić information content (AvgIpc) is 2.67. The van der Waals surface area contributed by atoms with Crippen LogP contribution in [0.15, 0.2) is 18.2 Å². The summed E-state index contributed by atoms with van der Waals surface area (Å²) in [5.41, 5.74) is 6.20. The van der Waals surface area contributed by atoms with Crippen LogP contribution in [0.5, 0.6) is 0 Å². The first-order chi connectivity index (χ1) is 7.58. The summed E-state index contributed by atoms with van der Waals surface area (Å²) in [6.45, 7) is 1.27. The Morgan fingerprint density at radius 1 is 1.41 bits per heavy atom. The van der Waals surface area contributed by atoms with Crippen molar-refractivity contribution in [2.45, 2.75) is 12.5 Å². The predicted molar refractivity (Wildman–Crippen MR) is 72.2 cm³/mol. The molecule has 0 spiro atoms. The molecule has 2 N–H and O–H groups in total. The van der Waals surface area contributed by atoms with E-state index in [0.717, 1.165) is 6.42 Å². The third kappa shape index (κ3) is 3.26. The zero-order chi connectivity index (χ0) is 11.7. The lowest BCUT2D eigenvalue weighted by molar-refractivity contribution is 0.0791. The number of amides is 1. The van der Waals surface area contributed by atoms with Gasteiger partial charge in [-0.15, -0.1) is 12.4 Å². The van der Waals surface area contributed by atoms with E-state index in [1.54, 1.807) is 23.1 Å². The van der Waals surface area contributed by atoms with Crippen molar-refractivity contribution in [3.63, 3.8) is 0 Å². The number of hydrogen-bond donors (Lipinski definition) is 1. The Morgan fingerprint density at radius 3 is 2.71 bits per heavy atom. The van der Waals surface area contributed by atoms with Crippen LogP contribution in [0.1, 0.15) is 16.8 Å². The van der Waals surface area contributed by atoms with Crippen LogP contribution < -0.4 is 5.73 Å². The molecule has 1 aromatic carbocycles. The fourth-order valence-electron chi connectivity index (χ4n) is 1.80. The van der Waals surface area contributed by atoms with E-state index in [0.29, 0.717) is 28.7 Å². The Kier molecular flexibility index (Phi) is 5.07. The molecule has 0 radical (unpaired) electrons. The molecule has 94 valence electrons. The van der Waals surface area contributed by atoms with Gasteiger partial charge in [0.15, 0.2) is 0 Å². The third-order valence-corrected chi connectivity index (χ3v) is 3.24. The standard InChI is InChI=1S/C11H12Cl2N2O.ClH/c12-7-1-2-10(13)9(5-7)11(16)15-4-3-8(14)6-15;/h1-2,5,8H,3-4,6,14H2;1H/t8-;/m1./s1. The van der Waals surface area contributed by atoms with Gasteiger partial charge < -0.3 is 10.6 Å². The van der Waals surface area contributed by atoms with Crippen LogP contribution in [0.3, 0.4) is 0 Å². The van der Waals surface area contributed by atoms with Gasteiger partial charge in [0, 0.05) is 24.2 Å². The zero-order valence-electron chi connectivity index (χ0n) is 9.03. The Bertz CT molecular complexity index is 425. The topological polar surface area (TPSA) is 46.3 Å². The van der Waals surface area contributed by atoms with E-state index in [4.69, 9.17) is 28.9 Å². The van der Waals surface area contributed by atoms with E-state index in [1.807, 2.05) is 0 Å². The lowest BCUT2D eigenvalue weighted by Gasteiger charge is -2.16. The average molecular weight is 296 g/mol. The second kappa shape index (κ2) is 5.91. The number of carbonyl (C=O) groups is 1. The number of rotatable bonds is 1. The first-order valence-electron chi connectivity index (χ1n) is 5.08. The highest BCUT2D eigenvalue weighted by molar-refractivity contribution is 6.35. The molecule has 2 rings (SSSR count). The molecule has 17 heavy (non-hydrogen) atoms. The Balaban J connectivity index is 0.00000144. The Labute approximate surface area is 116 Å². The molecule has 6 heteroatoms. The molecule has 1 aliphatic rings. The van der Waals surface area contributed by atoms with Crippen molar-refractivity contribution in [2.24, 2.45) is 5.73 Å². The van der Waals surface area contributed by atoms with Gasteiger partial charge in [0.25, 0.3) is 5.91 Å². The van der Waals surface area contributed by atoms with Gasteiger partial charge in [-0.3, -0.25) is 4.79 Å². The van der Waals surface area contributed by atoms with Gasteiger partial charge in [0.05, 0.1) is 10.6 Å². The van der Waals surface area contributed by atoms with Crippen molar-refractivity contribution in [1.29, 1.82) is 0 Å². The number of hydrogen-bond acceptors (Lipinski definition) is 2. The van der Waals surface area contributed by atoms with Crippen molar-refractivity contribution in [2.75, 3.05) is 13.1 Å². The monoisotopic (exact) mass is 294 g/mol. The number of halogens is 3. The van der Waals surface area contributed by atoms with Crippen LogP contribution in [0.25, 0.3) is 0 Å².